The lowest BCUT2D eigenvalue weighted by Crippen LogP contribution is -2.40. The Hall–Kier alpha value is -1.33. The van der Waals surface area contributed by atoms with Crippen LogP contribution in [0.1, 0.15) is 51.9 Å². The minimum Gasteiger partial charge on any atom is -0.478 e. The zero-order chi connectivity index (χ0) is 19.9. The number of hydrogen-bond acceptors (Lipinski definition) is 5. The molecule has 5 heteroatoms. The van der Waals surface area contributed by atoms with Crippen molar-refractivity contribution in [2.45, 2.75) is 51.9 Å². The van der Waals surface area contributed by atoms with Gasteiger partial charge in [-0.3, -0.25) is 0 Å². The van der Waals surface area contributed by atoms with Crippen LogP contribution < -0.4 is 15.0 Å². The number of likely N-dealkylation sites (tertiary alicyclic amines) is 1. The van der Waals surface area contributed by atoms with E-state index in [9.17, 15) is 0 Å². The minimum absolute atomic E-state index is 0.796. The molecule has 0 unspecified atom stereocenters. The second-order valence-corrected chi connectivity index (χ2v) is 9.60. The van der Waals surface area contributed by atoms with Crippen molar-refractivity contribution in [1.29, 1.82) is 0 Å². The topological polar surface area (TPSA) is 40.6 Å². The molecular weight excluding hydrogens is 360 g/mol. The molecule has 0 aromatic carbocycles. The van der Waals surface area contributed by atoms with Gasteiger partial charge in [0.25, 0.3) is 0 Å². The SMILES string of the molecule is CC1CCN(c2ccnc(OCCC3CCN(CC4CCNCC4)CC3)c2)CC1. The van der Waals surface area contributed by atoms with Crippen molar-refractivity contribution < 1.29 is 4.74 Å². The van der Waals surface area contributed by atoms with Gasteiger partial charge in [-0.1, -0.05) is 6.92 Å². The van der Waals surface area contributed by atoms with Crippen molar-refractivity contribution in [1.82, 2.24) is 15.2 Å². The molecule has 0 radical (unpaired) electrons. The summed E-state index contributed by atoms with van der Waals surface area (Å²) in [4.78, 5) is 9.63. The van der Waals surface area contributed by atoms with E-state index in [4.69, 9.17) is 4.74 Å². The third kappa shape index (κ3) is 6.32. The summed E-state index contributed by atoms with van der Waals surface area (Å²) < 4.78 is 6.05. The number of anilines is 1. The van der Waals surface area contributed by atoms with Gasteiger partial charge >= 0.3 is 0 Å². The highest BCUT2D eigenvalue weighted by Crippen LogP contribution is 2.26. The van der Waals surface area contributed by atoms with Crippen LogP contribution in [-0.4, -0.2) is 62.3 Å². The molecule has 1 N–H and O–H groups in total. The number of pyridine rings is 1. The van der Waals surface area contributed by atoms with Gasteiger partial charge in [-0.25, -0.2) is 4.98 Å². The zero-order valence-electron chi connectivity index (χ0n) is 18.3. The number of ether oxygens (including phenoxy) is 1. The van der Waals surface area contributed by atoms with Crippen LogP contribution in [0.4, 0.5) is 5.69 Å². The second kappa shape index (κ2) is 10.6. The van der Waals surface area contributed by atoms with Crippen LogP contribution in [0.3, 0.4) is 0 Å². The maximum Gasteiger partial charge on any atom is 0.215 e. The molecule has 0 spiro atoms. The first kappa shape index (κ1) is 20.9. The summed E-state index contributed by atoms with van der Waals surface area (Å²) >= 11 is 0. The van der Waals surface area contributed by atoms with Gasteiger partial charge in [0.1, 0.15) is 0 Å². The lowest BCUT2D eigenvalue weighted by molar-refractivity contribution is 0.135. The van der Waals surface area contributed by atoms with Crippen LogP contribution in [0, 0.1) is 17.8 Å². The van der Waals surface area contributed by atoms with Crippen LogP contribution >= 0.6 is 0 Å². The molecule has 4 rings (SSSR count). The van der Waals surface area contributed by atoms with Crippen LogP contribution in [-0.2, 0) is 0 Å². The van der Waals surface area contributed by atoms with Gasteiger partial charge in [0.05, 0.1) is 6.61 Å². The summed E-state index contributed by atoms with van der Waals surface area (Å²) in [6, 6.07) is 4.26. The van der Waals surface area contributed by atoms with Gasteiger partial charge in [-0.05, 0) is 94.9 Å². The van der Waals surface area contributed by atoms with E-state index < -0.39 is 0 Å². The number of hydrogen-bond donors (Lipinski definition) is 1. The van der Waals surface area contributed by atoms with Gasteiger partial charge in [0.2, 0.25) is 5.88 Å². The van der Waals surface area contributed by atoms with Crippen molar-refractivity contribution in [2.24, 2.45) is 17.8 Å². The quantitative estimate of drug-likeness (QED) is 0.754. The molecule has 0 saturated carbocycles. The zero-order valence-corrected chi connectivity index (χ0v) is 18.3. The summed E-state index contributed by atoms with van der Waals surface area (Å²) in [5.41, 5.74) is 1.27. The van der Waals surface area contributed by atoms with Gasteiger partial charge < -0.3 is 19.9 Å². The molecule has 3 aliphatic heterocycles. The molecule has 162 valence electrons. The molecule has 3 fully saturated rings. The Labute approximate surface area is 177 Å². The first-order chi connectivity index (χ1) is 14.3. The van der Waals surface area contributed by atoms with Crippen molar-refractivity contribution >= 4 is 5.69 Å². The fraction of sp³-hybridized carbons (Fsp3) is 0.792. The third-order valence-corrected chi connectivity index (χ3v) is 7.33. The lowest BCUT2D eigenvalue weighted by Gasteiger charge is -2.35. The average Bonchev–Trinajstić information content (AvgIpc) is 2.76. The summed E-state index contributed by atoms with van der Waals surface area (Å²) in [6.45, 7) is 11.8. The first-order valence-electron chi connectivity index (χ1n) is 12.0. The van der Waals surface area contributed by atoms with Crippen molar-refractivity contribution in [2.75, 3.05) is 57.3 Å². The molecule has 0 amide bonds. The highest BCUT2D eigenvalue weighted by Gasteiger charge is 2.23. The second-order valence-electron chi connectivity index (χ2n) is 9.60. The number of nitrogens with one attached hydrogen (secondary N) is 1. The van der Waals surface area contributed by atoms with E-state index in [1.54, 1.807) is 0 Å². The molecule has 3 aliphatic rings. The fourth-order valence-corrected chi connectivity index (χ4v) is 5.16. The Bertz CT molecular complexity index is 603. The molecule has 0 bridgehead atoms. The van der Waals surface area contributed by atoms with E-state index in [0.717, 1.165) is 49.8 Å². The Morgan fingerprint density at radius 1 is 1.00 bits per heavy atom. The summed E-state index contributed by atoms with van der Waals surface area (Å²) in [5.74, 6) is 3.38. The largest absolute Gasteiger partial charge is 0.478 e. The maximum absolute atomic E-state index is 6.05. The average molecular weight is 401 g/mol. The Kier molecular flexibility index (Phi) is 7.67. The van der Waals surface area contributed by atoms with Crippen LogP contribution in [0.2, 0.25) is 0 Å². The van der Waals surface area contributed by atoms with E-state index in [1.807, 2.05) is 6.20 Å². The van der Waals surface area contributed by atoms with Gasteiger partial charge in [0, 0.05) is 37.6 Å². The van der Waals surface area contributed by atoms with Gasteiger partial charge in [-0.2, -0.15) is 0 Å². The molecule has 1 aromatic rings. The highest BCUT2D eigenvalue weighted by molar-refractivity contribution is 5.48. The lowest BCUT2D eigenvalue weighted by atomic mass is 9.92. The maximum atomic E-state index is 6.05. The predicted molar refractivity (Wildman–Crippen MR) is 120 cm³/mol. The molecule has 1 aromatic heterocycles. The molecule has 4 heterocycles. The van der Waals surface area contributed by atoms with Crippen molar-refractivity contribution in [3.63, 3.8) is 0 Å². The standard InChI is InChI=1S/C24H40N4O/c1-20-5-15-28(16-6-20)23-4-12-26-24(18-23)29-17-9-21-7-13-27(14-8-21)19-22-2-10-25-11-3-22/h4,12,18,20-22,25H,2-3,5-11,13-17,19H2,1H3. The van der Waals surface area contributed by atoms with Crippen molar-refractivity contribution in [3.8, 4) is 5.88 Å². The van der Waals surface area contributed by atoms with E-state index >= 15 is 0 Å². The first-order valence-corrected chi connectivity index (χ1v) is 12.0. The predicted octanol–water partition coefficient (Wildman–Crippen LogP) is 3.80. The van der Waals surface area contributed by atoms with Crippen molar-refractivity contribution in [3.05, 3.63) is 18.3 Å². The molecule has 3 saturated heterocycles. The van der Waals surface area contributed by atoms with Crippen LogP contribution in [0.5, 0.6) is 5.88 Å². The van der Waals surface area contributed by atoms with Crippen LogP contribution in [0.15, 0.2) is 18.3 Å². The fourth-order valence-electron chi connectivity index (χ4n) is 5.16. The molecular formula is C24H40N4O. The number of piperidine rings is 3. The minimum atomic E-state index is 0.796. The Morgan fingerprint density at radius 3 is 2.52 bits per heavy atom. The smallest absolute Gasteiger partial charge is 0.215 e. The monoisotopic (exact) mass is 400 g/mol. The Balaban J connectivity index is 1.15. The van der Waals surface area contributed by atoms with Gasteiger partial charge in [-0.15, -0.1) is 0 Å². The number of nitrogens with zero attached hydrogens (tertiary/aromatic N) is 3. The summed E-state index contributed by atoms with van der Waals surface area (Å²) in [5, 5.41) is 3.48. The van der Waals surface area contributed by atoms with Gasteiger partial charge in [0.15, 0.2) is 0 Å². The highest BCUT2D eigenvalue weighted by atomic mass is 16.5. The summed E-state index contributed by atoms with van der Waals surface area (Å²) in [7, 11) is 0. The van der Waals surface area contributed by atoms with E-state index in [0.29, 0.717) is 0 Å². The van der Waals surface area contributed by atoms with E-state index in [-0.39, 0.29) is 0 Å². The molecule has 0 atom stereocenters. The molecule has 29 heavy (non-hydrogen) atoms. The Morgan fingerprint density at radius 2 is 1.76 bits per heavy atom. The summed E-state index contributed by atoms with van der Waals surface area (Å²) in [6.07, 6.45) is 11.0. The number of rotatable bonds is 7. The third-order valence-electron chi connectivity index (χ3n) is 7.33. The van der Waals surface area contributed by atoms with E-state index in [1.165, 1.54) is 76.9 Å². The molecule has 0 aliphatic carbocycles. The molecule has 5 nitrogen and oxygen atoms in total. The number of aromatic nitrogens is 1. The van der Waals surface area contributed by atoms with E-state index in [2.05, 4.69) is 39.2 Å². The normalized spacial score (nSPS) is 23.4. The van der Waals surface area contributed by atoms with Crippen LogP contribution in [0.25, 0.3) is 0 Å².